The molecule has 0 saturated heterocycles. The van der Waals surface area contributed by atoms with Gasteiger partial charge in [0.2, 0.25) is 0 Å². The van der Waals surface area contributed by atoms with Crippen molar-refractivity contribution in [2.75, 3.05) is 0 Å². The molecule has 8 heteroatoms. The number of hydrazone groups is 1. The standard InChI is InChI=1S/C15H14ClF3N2O2/c16-10-5-3-4-9(8-10)13(22)21-14(23,15(17,18)19)11-6-1-2-7-12(11)20-21/h3-5,8,11,23H,1-2,6-7H2. The predicted molar refractivity (Wildman–Crippen MR) is 78.0 cm³/mol. The first-order chi connectivity index (χ1) is 10.7. The molecule has 3 rings (SSSR count). The maximum atomic E-state index is 13.6. The van der Waals surface area contributed by atoms with Crippen LogP contribution >= 0.6 is 11.6 Å². The number of fused-ring (bicyclic) bond motifs is 1. The normalized spacial score (nSPS) is 27.6. The minimum absolute atomic E-state index is 0.0526. The molecule has 1 N–H and O–H groups in total. The zero-order chi connectivity index (χ0) is 16.8. The van der Waals surface area contributed by atoms with Gasteiger partial charge in [-0.15, -0.1) is 0 Å². The molecule has 1 aliphatic heterocycles. The minimum Gasteiger partial charge on any atom is -0.362 e. The average Bonchev–Trinajstić information content (AvgIpc) is 2.81. The molecule has 1 aromatic carbocycles. The summed E-state index contributed by atoms with van der Waals surface area (Å²) in [4.78, 5) is 12.5. The number of nitrogens with zero attached hydrogens (tertiary/aromatic N) is 2. The van der Waals surface area contributed by atoms with Crippen molar-refractivity contribution in [3.8, 4) is 0 Å². The Morgan fingerprint density at radius 2 is 2.13 bits per heavy atom. The maximum Gasteiger partial charge on any atom is 0.439 e. The number of carbonyl (C=O) groups excluding carboxylic acids is 1. The Balaban J connectivity index is 2.05. The van der Waals surface area contributed by atoms with Crippen LogP contribution in [0.3, 0.4) is 0 Å². The van der Waals surface area contributed by atoms with Crippen LogP contribution in [0.2, 0.25) is 5.02 Å². The lowest BCUT2D eigenvalue weighted by Gasteiger charge is -2.38. The third-order valence-corrected chi connectivity index (χ3v) is 4.53. The smallest absolute Gasteiger partial charge is 0.362 e. The van der Waals surface area contributed by atoms with Gasteiger partial charge >= 0.3 is 6.18 Å². The number of amides is 1. The third-order valence-electron chi connectivity index (χ3n) is 4.30. The second kappa shape index (κ2) is 5.49. The van der Waals surface area contributed by atoms with Gasteiger partial charge in [0.1, 0.15) is 0 Å². The van der Waals surface area contributed by atoms with Gasteiger partial charge in [-0.3, -0.25) is 4.79 Å². The van der Waals surface area contributed by atoms with Crippen molar-refractivity contribution in [3.63, 3.8) is 0 Å². The fourth-order valence-corrected chi connectivity index (χ4v) is 3.35. The quantitative estimate of drug-likeness (QED) is 0.844. The molecule has 2 unspecified atom stereocenters. The van der Waals surface area contributed by atoms with Crippen molar-refractivity contribution in [1.82, 2.24) is 5.01 Å². The number of hydrogen-bond acceptors (Lipinski definition) is 3. The molecule has 4 nitrogen and oxygen atoms in total. The highest BCUT2D eigenvalue weighted by Crippen LogP contribution is 2.48. The zero-order valence-electron chi connectivity index (χ0n) is 12.0. The summed E-state index contributed by atoms with van der Waals surface area (Å²) in [5.41, 5.74) is -3.13. The molecule has 0 spiro atoms. The van der Waals surface area contributed by atoms with Gasteiger partial charge in [0.05, 0.1) is 5.92 Å². The van der Waals surface area contributed by atoms with Gasteiger partial charge in [-0.05, 0) is 37.5 Å². The van der Waals surface area contributed by atoms with E-state index in [1.165, 1.54) is 24.3 Å². The highest BCUT2D eigenvalue weighted by molar-refractivity contribution is 6.31. The molecule has 0 radical (unpaired) electrons. The molecule has 1 aromatic rings. The van der Waals surface area contributed by atoms with E-state index < -0.39 is 23.7 Å². The van der Waals surface area contributed by atoms with Crippen LogP contribution in [0.5, 0.6) is 0 Å². The summed E-state index contributed by atoms with van der Waals surface area (Å²) >= 11 is 5.79. The van der Waals surface area contributed by atoms with E-state index >= 15 is 0 Å². The molecule has 1 aliphatic carbocycles. The summed E-state index contributed by atoms with van der Waals surface area (Å²) in [5.74, 6) is -2.23. The van der Waals surface area contributed by atoms with E-state index in [0.29, 0.717) is 19.3 Å². The number of hydrogen-bond donors (Lipinski definition) is 1. The summed E-state index contributed by atoms with van der Waals surface area (Å²) in [6.45, 7) is 0. The van der Waals surface area contributed by atoms with E-state index in [2.05, 4.69) is 5.10 Å². The molecule has 124 valence electrons. The van der Waals surface area contributed by atoms with Gasteiger partial charge in [-0.1, -0.05) is 24.1 Å². The third kappa shape index (κ3) is 2.52. The summed E-state index contributed by atoms with van der Waals surface area (Å²) in [7, 11) is 0. The Kier molecular flexibility index (Phi) is 3.88. The highest BCUT2D eigenvalue weighted by Gasteiger charge is 2.68. The predicted octanol–water partition coefficient (Wildman–Crippen LogP) is 3.59. The number of halogens is 4. The lowest BCUT2D eigenvalue weighted by atomic mass is 9.80. The first-order valence-corrected chi connectivity index (χ1v) is 7.59. The molecule has 2 atom stereocenters. The molecule has 1 fully saturated rings. The van der Waals surface area contributed by atoms with Crippen LogP contribution in [0, 0.1) is 5.92 Å². The number of carbonyl (C=O) groups is 1. The SMILES string of the molecule is O=C(c1cccc(Cl)c1)N1N=C2CCCCC2C1(O)C(F)(F)F. The van der Waals surface area contributed by atoms with E-state index in [-0.39, 0.29) is 27.7 Å². The molecule has 23 heavy (non-hydrogen) atoms. The lowest BCUT2D eigenvalue weighted by Crippen LogP contribution is -2.61. The summed E-state index contributed by atoms with van der Waals surface area (Å²) < 4.78 is 40.7. The molecule has 2 aliphatic rings. The largest absolute Gasteiger partial charge is 0.439 e. The van der Waals surface area contributed by atoms with E-state index in [4.69, 9.17) is 11.6 Å². The number of rotatable bonds is 1. The average molecular weight is 347 g/mol. The number of alkyl halides is 3. The Labute approximate surface area is 135 Å². The van der Waals surface area contributed by atoms with Gasteiger partial charge in [-0.2, -0.15) is 23.3 Å². The van der Waals surface area contributed by atoms with E-state index in [0.717, 1.165) is 0 Å². The molecule has 1 heterocycles. The Bertz CT molecular complexity index is 677. The molecular formula is C15H14ClF3N2O2. The van der Waals surface area contributed by atoms with Crippen LogP contribution in [0.1, 0.15) is 36.0 Å². The van der Waals surface area contributed by atoms with Crippen LogP contribution in [-0.2, 0) is 0 Å². The van der Waals surface area contributed by atoms with Crippen LogP contribution < -0.4 is 0 Å². The molecule has 1 amide bonds. The molecular weight excluding hydrogens is 333 g/mol. The fraction of sp³-hybridized carbons (Fsp3) is 0.467. The van der Waals surface area contributed by atoms with Crippen LogP contribution in [0.25, 0.3) is 0 Å². The van der Waals surface area contributed by atoms with Crippen LogP contribution in [0.4, 0.5) is 13.2 Å². The van der Waals surface area contributed by atoms with Crippen molar-refractivity contribution in [1.29, 1.82) is 0 Å². The van der Waals surface area contributed by atoms with Gasteiger partial charge in [0, 0.05) is 16.3 Å². The van der Waals surface area contributed by atoms with Crippen LogP contribution in [-0.4, -0.2) is 33.6 Å². The van der Waals surface area contributed by atoms with E-state index in [1.54, 1.807) is 0 Å². The first kappa shape index (κ1) is 16.3. The Morgan fingerprint density at radius 3 is 2.78 bits per heavy atom. The van der Waals surface area contributed by atoms with Crippen molar-refractivity contribution in [2.24, 2.45) is 11.0 Å². The first-order valence-electron chi connectivity index (χ1n) is 7.21. The molecule has 1 saturated carbocycles. The lowest BCUT2D eigenvalue weighted by molar-refractivity contribution is -0.312. The van der Waals surface area contributed by atoms with Crippen molar-refractivity contribution in [2.45, 2.75) is 37.6 Å². The maximum absolute atomic E-state index is 13.6. The monoisotopic (exact) mass is 346 g/mol. The van der Waals surface area contributed by atoms with Crippen molar-refractivity contribution < 1.29 is 23.1 Å². The highest BCUT2D eigenvalue weighted by atomic mass is 35.5. The fourth-order valence-electron chi connectivity index (χ4n) is 3.16. The topological polar surface area (TPSA) is 52.9 Å². The van der Waals surface area contributed by atoms with E-state index in [9.17, 15) is 23.1 Å². The second-order valence-corrected chi connectivity index (χ2v) is 6.18. The zero-order valence-corrected chi connectivity index (χ0v) is 12.7. The molecule has 0 bridgehead atoms. The van der Waals surface area contributed by atoms with Gasteiger partial charge in [0.15, 0.2) is 0 Å². The summed E-state index contributed by atoms with van der Waals surface area (Å²) in [5, 5.41) is 14.6. The Hall–Kier alpha value is -1.60. The van der Waals surface area contributed by atoms with Crippen LogP contribution in [0.15, 0.2) is 29.4 Å². The van der Waals surface area contributed by atoms with E-state index in [1.807, 2.05) is 0 Å². The van der Waals surface area contributed by atoms with Gasteiger partial charge in [-0.25, -0.2) is 0 Å². The van der Waals surface area contributed by atoms with Gasteiger partial charge < -0.3 is 5.11 Å². The van der Waals surface area contributed by atoms with Crippen molar-refractivity contribution >= 4 is 23.2 Å². The number of benzene rings is 1. The summed E-state index contributed by atoms with van der Waals surface area (Å²) in [6, 6.07) is 5.55. The number of aliphatic hydroxyl groups is 1. The summed E-state index contributed by atoms with van der Waals surface area (Å²) in [6.07, 6.45) is -3.26. The second-order valence-electron chi connectivity index (χ2n) is 5.74. The molecule has 0 aromatic heterocycles. The van der Waals surface area contributed by atoms with Crippen molar-refractivity contribution in [3.05, 3.63) is 34.9 Å². The minimum atomic E-state index is -5.01. The van der Waals surface area contributed by atoms with Gasteiger partial charge in [0.25, 0.3) is 11.6 Å². The Morgan fingerprint density at radius 1 is 1.39 bits per heavy atom.